The van der Waals surface area contributed by atoms with E-state index in [2.05, 4.69) is 30.7 Å². The fraction of sp³-hybridized carbons (Fsp3) is 0.455. The summed E-state index contributed by atoms with van der Waals surface area (Å²) in [4.78, 5) is 24.7. The molecule has 3 N–H and O–H groups in total. The van der Waals surface area contributed by atoms with Crippen LogP contribution in [0.25, 0.3) is 11.4 Å². The number of anilines is 2. The Hall–Kier alpha value is -3.09. The van der Waals surface area contributed by atoms with E-state index in [-0.39, 0.29) is 42.5 Å². The number of hydrogen-bond acceptors (Lipinski definition) is 9. The molecule has 1 saturated carbocycles. The predicted molar refractivity (Wildman–Crippen MR) is 121 cm³/mol. The van der Waals surface area contributed by atoms with Crippen molar-refractivity contribution in [2.45, 2.75) is 37.4 Å². The van der Waals surface area contributed by atoms with Crippen LogP contribution in [-0.2, 0) is 11.2 Å². The number of morpholine rings is 1. The van der Waals surface area contributed by atoms with E-state index in [1.165, 1.54) is 23.5 Å². The number of aromatic nitrogens is 3. The summed E-state index contributed by atoms with van der Waals surface area (Å²) in [6.45, 7) is 1.10. The maximum absolute atomic E-state index is 13.3. The summed E-state index contributed by atoms with van der Waals surface area (Å²) in [6, 6.07) is 5.94. The van der Waals surface area contributed by atoms with Crippen molar-refractivity contribution in [3.63, 3.8) is 0 Å². The fourth-order valence-corrected chi connectivity index (χ4v) is 5.86. The number of aliphatic hydroxyl groups is 1. The summed E-state index contributed by atoms with van der Waals surface area (Å²) < 4.78 is 24.7. The van der Waals surface area contributed by atoms with E-state index in [9.17, 15) is 9.18 Å². The molecule has 34 heavy (non-hydrogen) atoms. The highest BCUT2D eigenvalue weighted by Crippen LogP contribution is 2.43. The van der Waals surface area contributed by atoms with E-state index in [0.717, 1.165) is 23.4 Å². The number of carbonyl (C=O) groups is 1. The summed E-state index contributed by atoms with van der Waals surface area (Å²) in [5.74, 6) is 0.339. The lowest BCUT2D eigenvalue weighted by molar-refractivity contribution is 0.0570. The van der Waals surface area contributed by atoms with Gasteiger partial charge in [-0.2, -0.15) is 4.98 Å². The molecule has 1 aliphatic carbocycles. The van der Waals surface area contributed by atoms with Crippen LogP contribution in [-0.4, -0.2) is 58.2 Å². The largest absolute Gasteiger partial charge is 0.396 e. The van der Waals surface area contributed by atoms with E-state index in [1.807, 2.05) is 0 Å². The number of urea groups is 1. The first kappa shape index (κ1) is 21.4. The topological polar surface area (TPSA) is 126 Å². The van der Waals surface area contributed by atoms with Crippen LogP contribution in [0, 0.1) is 11.7 Å². The summed E-state index contributed by atoms with van der Waals surface area (Å²) in [5, 5.41) is 19.5. The van der Waals surface area contributed by atoms with Crippen LogP contribution in [0.1, 0.15) is 29.5 Å². The Labute approximate surface area is 198 Å². The van der Waals surface area contributed by atoms with Gasteiger partial charge in [-0.25, -0.2) is 14.2 Å². The second-order valence-electron chi connectivity index (χ2n) is 8.87. The minimum Gasteiger partial charge on any atom is -0.396 e. The molecule has 2 amide bonds. The minimum atomic E-state index is -0.326. The monoisotopic (exact) mass is 486 g/mol. The molecule has 10 nitrogen and oxygen atoms in total. The zero-order chi connectivity index (χ0) is 23.2. The van der Waals surface area contributed by atoms with E-state index < -0.39 is 0 Å². The molecule has 2 atom stereocenters. The molecular weight excluding hydrogens is 463 g/mol. The van der Waals surface area contributed by atoms with Gasteiger partial charge < -0.3 is 24.6 Å². The SMILES string of the molecule is O=C(Nc1nc2c(s1)C1COCC(C2)N1c1nc(-c2ccc(F)cc2)no1)NC1CC(CO)C1. The van der Waals surface area contributed by atoms with Crippen molar-refractivity contribution in [2.24, 2.45) is 5.92 Å². The zero-order valence-electron chi connectivity index (χ0n) is 18.1. The molecule has 4 heterocycles. The van der Waals surface area contributed by atoms with Gasteiger partial charge in [0.2, 0.25) is 5.82 Å². The third-order valence-electron chi connectivity index (χ3n) is 6.56. The number of nitrogens with one attached hydrogen (secondary N) is 2. The molecule has 12 heteroatoms. The number of benzene rings is 1. The lowest BCUT2D eigenvalue weighted by Crippen LogP contribution is -2.51. The maximum Gasteiger partial charge on any atom is 0.325 e. The van der Waals surface area contributed by atoms with Gasteiger partial charge in [0.05, 0.1) is 35.9 Å². The number of ether oxygens (including phenoxy) is 1. The molecule has 6 rings (SSSR count). The number of rotatable bonds is 5. The van der Waals surface area contributed by atoms with Crippen molar-refractivity contribution in [1.82, 2.24) is 20.4 Å². The number of thiazole rings is 1. The summed E-state index contributed by atoms with van der Waals surface area (Å²) in [6.07, 6.45) is 2.21. The molecule has 2 aliphatic heterocycles. The number of aliphatic hydroxyl groups excluding tert-OH is 1. The van der Waals surface area contributed by atoms with Crippen LogP contribution in [0.15, 0.2) is 28.8 Å². The first-order valence-electron chi connectivity index (χ1n) is 11.2. The van der Waals surface area contributed by atoms with Crippen LogP contribution in [0.4, 0.5) is 20.3 Å². The van der Waals surface area contributed by atoms with Crippen LogP contribution in [0.3, 0.4) is 0 Å². The van der Waals surface area contributed by atoms with Crippen LogP contribution in [0.2, 0.25) is 0 Å². The lowest BCUT2D eigenvalue weighted by atomic mass is 9.81. The highest BCUT2D eigenvalue weighted by atomic mass is 32.1. The van der Waals surface area contributed by atoms with E-state index >= 15 is 0 Å². The number of fused-ring (bicyclic) bond motifs is 4. The van der Waals surface area contributed by atoms with Gasteiger partial charge in [0.25, 0.3) is 0 Å². The predicted octanol–water partition coefficient (Wildman–Crippen LogP) is 2.73. The van der Waals surface area contributed by atoms with Gasteiger partial charge in [0.15, 0.2) is 5.13 Å². The maximum atomic E-state index is 13.3. The third kappa shape index (κ3) is 3.91. The van der Waals surface area contributed by atoms with Gasteiger partial charge >= 0.3 is 12.0 Å². The summed E-state index contributed by atoms with van der Waals surface area (Å²) >= 11 is 1.42. The third-order valence-corrected chi connectivity index (χ3v) is 7.68. The normalized spacial score (nSPS) is 25.4. The van der Waals surface area contributed by atoms with Gasteiger partial charge in [0.1, 0.15) is 5.82 Å². The van der Waals surface area contributed by atoms with Crippen molar-refractivity contribution in [3.8, 4) is 11.4 Å². The van der Waals surface area contributed by atoms with Gasteiger partial charge in [-0.3, -0.25) is 5.32 Å². The molecule has 2 fully saturated rings. The van der Waals surface area contributed by atoms with Gasteiger partial charge in [-0.1, -0.05) is 16.5 Å². The highest BCUT2D eigenvalue weighted by Gasteiger charge is 2.43. The Kier molecular flexibility index (Phi) is 5.42. The fourth-order valence-electron chi connectivity index (χ4n) is 4.78. The number of carbonyl (C=O) groups excluding carboxylic acids is 1. The van der Waals surface area contributed by atoms with Gasteiger partial charge in [0, 0.05) is 24.6 Å². The minimum absolute atomic E-state index is 0.0260. The van der Waals surface area contributed by atoms with Gasteiger partial charge in [-0.15, -0.1) is 0 Å². The molecule has 2 unspecified atom stereocenters. The quantitative estimate of drug-likeness (QED) is 0.503. The molecule has 3 aliphatic rings. The number of halogens is 1. The number of amides is 2. The second kappa shape index (κ2) is 8.60. The summed E-state index contributed by atoms with van der Waals surface area (Å²) in [5.41, 5.74) is 1.61. The Morgan fingerprint density at radius 3 is 2.85 bits per heavy atom. The molecule has 0 spiro atoms. The standard InChI is InChI=1S/C22H23FN6O4S/c23-13-3-1-12(2-4-13)19-26-22(33-28-19)29-15-7-16-18(17(29)10-32-9-15)34-21(25-16)27-20(31)24-14-5-11(6-14)8-30/h1-4,11,14-15,17,30H,5-10H2,(H2,24,25,27,31). The molecule has 2 aromatic heterocycles. The zero-order valence-corrected chi connectivity index (χ0v) is 18.9. The summed E-state index contributed by atoms with van der Waals surface area (Å²) in [7, 11) is 0. The van der Waals surface area contributed by atoms with Crippen LogP contribution >= 0.6 is 11.3 Å². The first-order valence-corrected chi connectivity index (χ1v) is 12.0. The van der Waals surface area contributed by atoms with Crippen molar-refractivity contribution in [2.75, 3.05) is 30.0 Å². The average molecular weight is 487 g/mol. The van der Waals surface area contributed by atoms with Crippen molar-refractivity contribution < 1.29 is 23.6 Å². The molecular formula is C22H23FN6O4S. The Morgan fingerprint density at radius 2 is 2.06 bits per heavy atom. The molecule has 0 radical (unpaired) electrons. The second-order valence-corrected chi connectivity index (χ2v) is 9.90. The molecule has 178 valence electrons. The van der Waals surface area contributed by atoms with E-state index in [4.69, 9.17) is 14.4 Å². The van der Waals surface area contributed by atoms with Gasteiger partial charge in [-0.05, 0) is 43.0 Å². The number of nitrogens with zero attached hydrogens (tertiary/aromatic N) is 4. The molecule has 1 saturated heterocycles. The van der Waals surface area contributed by atoms with E-state index in [1.54, 1.807) is 12.1 Å². The lowest BCUT2D eigenvalue weighted by Gasteiger charge is -2.43. The smallest absolute Gasteiger partial charge is 0.325 e. The Balaban J connectivity index is 1.19. The molecule has 2 bridgehead atoms. The Morgan fingerprint density at radius 1 is 1.24 bits per heavy atom. The number of hydrogen-bond donors (Lipinski definition) is 3. The molecule has 3 aromatic rings. The van der Waals surface area contributed by atoms with Crippen molar-refractivity contribution in [3.05, 3.63) is 40.7 Å². The van der Waals surface area contributed by atoms with Crippen LogP contribution in [0.5, 0.6) is 0 Å². The van der Waals surface area contributed by atoms with Crippen LogP contribution < -0.4 is 15.5 Å². The highest BCUT2D eigenvalue weighted by molar-refractivity contribution is 7.16. The molecule has 1 aromatic carbocycles. The van der Waals surface area contributed by atoms with E-state index in [0.29, 0.717) is 42.2 Å². The van der Waals surface area contributed by atoms with Crippen molar-refractivity contribution >= 4 is 28.5 Å². The van der Waals surface area contributed by atoms with Crippen molar-refractivity contribution in [1.29, 1.82) is 0 Å². The average Bonchev–Trinajstić information content (AvgIpc) is 3.43. The first-order chi connectivity index (χ1) is 16.6. The Bertz CT molecular complexity index is 1190.